The maximum absolute atomic E-state index is 12.3. The molecule has 22 heavy (non-hydrogen) atoms. The second kappa shape index (κ2) is 4.93. The van der Waals surface area contributed by atoms with Crippen LogP contribution in [-0.4, -0.2) is 29.9 Å². The van der Waals surface area contributed by atoms with Gasteiger partial charge in [0.05, 0.1) is 5.92 Å². The molecule has 0 bridgehead atoms. The minimum atomic E-state index is -0.649. The third kappa shape index (κ3) is 2.03. The molecule has 0 radical (unpaired) electrons. The van der Waals surface area contributed by atoms with E-state index in [1.165, 1.54) is 6.92 Å². The van der Waals surface area contributed by atoms with E-state index in [2.05, 4.69) is 0 Å². The molecule has 5 nitrogen and oxygen atoms in total. The molecular formula is C17H18O5. The van der Waals surface area contributed by atoms with Crippen molar-refractivity contribution in [2.75, 3.05) is 0 Å². The summed E-state index contributed by atoms with van der Waals surface area (Å²) < 4.78 is 10.9. The van der Waals surface area contributed by atoms with Crippen molar-refractivity contribution in [3.05, 3.63) is 33.9 Å². The maximum atomic E-state index is 12.3. The van der Waals surface area contributed by atoms with E-state index in [0.717, 1.165) is 11.1 Å². The average Bonchev–Trinajstić information content (AvgIpc) is 2.80. The number of carbonyl (C=O) groups excluding carboxylic acids is 3. The van der Waals surface area contributed by atoms with E-state index < -0.39 is 18.2 Å². The van der Waals surface area contributed by atoms with Gasteiger partial charge in [-0.05, 0) is 26.8 Å². The number of esters is 2. The lowest BCUT2D eigenvalue weighted by Crippen LogP contribution is -2.32. The predicted octanol–water partition coefficient (Wildman–Crippen LogP) is 2.03. The number of ether oxygens (including phenoxy) is 2. The summed E-state index contributed by atoms with van der Waals surface area (Å²) in [5, 5.41) is 0. The first kappa shape index (κ1) is 14.8. The highest BCUT2D eigenvalue weighted by Crippen LogP contribution is 2.45. The highest BCUT2D eigenvalue weighted by atomic mass is 16.6. The topological polar surface area (TPSA) is 69.7 Å². The number of ketones is 1. The Balaban J connectivity index is 2.19. The van der Waals surface area contributed by atoms with Gasteiger partial charge in [-0.2, -0.15) is 0 Å². The Kier molecular flexibility index (Phi) is 3.31. The fourth-order valence-corrected chi connectivity index (χ4v) is 3.69. The van der Waals surface area contributed by atoms with Crippen LogP contribution in [0.2, 0.25) is 0 Å². The second-order valence-electron chi connectivity index (χ2n) is 6.13. The Morgan fingerprint density at radius 2 is 1.95 bits per heavy atom. The van der Waals surface area contributed by atoms with Crippen LogP contribution < -0.4 is 0 Å². The van der Waals surface area contributed by atoms with Crippen LogP contribution in [-0.2, 0) is 23.9 Å². The first-order valence-electron chi connectivity index (χ1n) is 7.32. The summed E-state index contributed by atoms with van der Waals surface area (Å²) in [6.07, 6.45) is 0.961. The van der Waals surface area contributed by atoms with Crippen LogP contribution in [0.25, 0.3) is 0 Å². The summed E-state index contributed by atoms with van der Waals surface area (Å²) in [6.45, 7) is 6.75. The van der Waals surface area contributed by atoms with Gasteiger partial charge in [-0.3, -0.25) is 9.59 Å². The van der Waals surface area contributed by atoms with Gasteiger partial charge in [-0.25, -0.2) is 4.79 Å². The Morgan fingerprint density at radius 1 is 1.27 bits per heavy atom. The summed E-state index contributed by atoms with van der Waals surface area (Å²) in [6, 6.07) is 0. The van der Waals surface area contributed by atoms with Crippen molar-refractivity contribution in [3.63, 3.8) is 0 Å². The van der Waals surface area contributed by atoms with Crippen molar-refractivity contribution in [1.29, 1.82) is 0 Å². The average molecular weight is 302 g/mol. The molecule has 0 aromatic carbocycles. The van der Waals surface area contributed by atoms with Crippen molar-refractivity contribution in [3.8, 4) is 0 Å². The van der Waals surface area contributed by atoms with Crippen molar-refractivity contribution in [2.24, 2.45) is 5.92 Å². The van der Waals surface area contributed by atoms with Crippen LogP contribution in [0.3, 0.4) is 0 Å². The van der Waals surface area contributed by atoms with E-state index in [-0.39, 0.29) is 17.7 Å². The van der Waals surface area contributed by atoms with Gasteiger partial charge in [0, 0.05) is 30.1 Å². The number of hydrogen-bond donors (Lipinski definition) is 0. The lowest BCUT2D eigenvalue weighted by atomic mass is 9.85. The first-order chi connectivity index (χ1) is 10.3. The van der Waals surface area contributed by atoms with Gasteiger partial charge in [0.1, 0.15) is 12.2 Å². The molecule has 3 unspecified atom stereocenters. The van der Waals surface area contributed by atoms with Gasteiger partial charge in [0.25, 0.3) is 0 Å². The molecule has 3 atom stereocenters. The molecule has 0 aromatic heterocycles. The van der Waals surface area contributed by atoms with E-state index in [4.69, 9.17) is 9.47 Å². The summed E-state index contributed by atoms with van der Waals surface area (Å²) in [5.41, 5.74) is 3.60. The van der Waals surface area contributed by atoms with Gasteiger partial charge in [-0.1, -0.05) is 11.1 Å². The van der Waals surface area contributed by atoms with E-state index in [1.54, 1.807) is 13.0 Å². The highest BCUT2D eigenvalue weighted by molar-refractivity contribution is 6.09. The highest BCUT2D eigenvalue weighted by Gasteiger charge is 2.48. The zero-order valence-electron chi connectivity index (χ0n) is 13.1. The summed E-state index contributed by atoms with van der Waals surface area (Å²) in [7, 11) is 0. The SMILES string of the molecule is CC(=O)OC1C2=C(C)C(=O)OC2CC(C)=C2C(=O)C=C(C)C21. The number of rotatable bonds is 1. The molecule has 0 spiro atoms. The maximum Gasteiger partial charge on any atom is 0.334 e. The number of fused-ring (bicyclic) bond motifs is 2. The largest absolute Gasteiger partial charge is 0.457 e. The van der Waals surface area contributed by atoms with Gasteiger partial charge in [-0.15, -0.1) is 0 Å². The zero-order valence-corrected chi connectivity index (χ0v) is 13.1. The van der Waals surface area contributed by atoms with E-state index in [0.29, 0.717) is 23.1 Å². The molecule has 2 aliphatic carbocycles. The molecule has 0 amide bonds. The summed E-state index contributed by atoms with van der Waals surface area (Å²) in [5.74, 6) is -1.17. The predicted molar refractivity (Wildman–Crippen MR) is 77.7 cm³/mol. The summed E-state index contributed by atoms with van der Waals surface area (Å²) in [4.78, 5) is 35.8. The van der Waals surface area contributed by atoms with Crippen LogP contribution in [0.5, 0.6) is 0 Å². The molecule has 1 aliphatic heterocycles. The smallest absolute Gasteiger partial charge is 0.334 e. The molecule has 5 heteroatoms. The Bertz CT molecular complexity index is 692. The molecule has 1 heterocycles. The molecule has 3 rings (SSSR count). The van der Waals surface area contributed by atoms with Crippen molar-refractivity contribution >= 4 is 17.7 Å². The van der Waals surface area contributed by atoms with Crippen LogP contribution >= 0.6 is 0 Å². The Hall–Kier alpha value is -2.17. The molecule has 0 N–H and O–H groups in total. The second-order valence-corrected chi connectivity index (χ2v) is 6.13. The number of carbonyl (C=O) groups is 3. The standard InChI is InChI=1S/C17H18O5/c1-7-5-11(19)13-8(2)6-12-15(9(3)17(20)22-12)16(14(7)13)21-10(4)18/h5,12,14,16H,6H2,1-4H3. The van der Waals surface area contributed by atoms with Gasteiger partial charge >= 0.3 is 11.9 Å². The van der Waals surface area contributed by atoms with Gasteiger partial charge in [0.2, 0.25) is 0 Å². The van der Waals surface area contributed by atoms with Crippen molar-refractivity contribution in [2.45, 2.75) is 46.3 Å². The van der Waals surface area contributed by atoms with Crippen molar-refractivity contribution in [1.82, 2.24) is 0 Å². The quantitative estimate of drug-likeness (QED) is 0.693. The van der Waals surface area contributed by atoms with Crippen LogP contribution in [0.4, 0.5) is 0 Å². The van der Waals surface area contributed by atoms with Crippen molar-refractivity contribution < 1.29 is 23.9 Å². The molecule has 0 aromatic rings. The third-order valence-corrected chi connectivity index (χ3v) is 4.61. The fourth-order valence-electron chi connectivity index (χ4n) is 3.69. The van der Waals surface area contributed by atoms with Gasteiger partial charge < -0.3 is 9.47 Å². The normalized spacial score (nSPS) is 30.7. The third-order valence-electron chi connectivity index (χ3n) is 4.61. The van der Waals surface area contributed by atoms with E-state index in [1.807, 2.05) is 13.8 Å². The van der Waals surface area contributed by atoms with E-state index >= 15 is 0 Å². The Labute approximate surface area is 128 Å². The number of allylic oxidation sites excluding steroid dienone is 1. The lowest BCUT2D eigenvalue weighted by Gasteiger charge is -2.26. The molecule has 0 saturated carbocycles. The lowest BCUT2D eigenvalue weighted by molar-refractivity contribution is -0.146. The Morgan fingerprint density at radius 3 is 2.59 bits per heavy atom. The van der Waals surface area contributed by atoms with Crippen LogP contribution in [0.15, 0.2) is 33.9 Å². The molecule has 116 valence electrons. The first-order valence-corrected chi connectivity index (χ1v) is 7.32. The van der Waals surface area contributed by atoms with Gasteiger partial charge in [0.15, 0.2) is 5.78 Å². The van der Waals surface area contributed by atoms with E-state index in [9.17, 15) is 14.4 Å². The molecule has 3 aliphatic rings. The summed E-state index contributed by atoms with van der Waals surface area (Å²) >= 11 is 0. The number of hydrogen-bond acceptors (Lipinski definition) is 5. The zero-order chi connectivity index (χ0) is 16.2. The minimum absolute atomic E-state index is 0.0401. The fraction of sp³-hybridized carbons (Fsp3) is 0.471. The minimum Gasteiger partial charge on any atom is -0.457 e. The molecule has 0 saturated heterocycles. The monoisotopic (exact) mass is 302 g/mol. The van der Waals surface area contributed by atoms with Crippen LogP contribution in [0, 0.1) is 5.92 Å². The molecular weight excluding hydrogens is 284 g/mol. The molecule has 0 fully saturated rings. The van der Waals surface area contributed by atoms with Crippen LogP contribution in [0.1, 0.15) is 34.1 Å².